The van der Waals surface area contributed by atoms with E-state index in [2.05, 4.69) is 10.6 Å². The van der Waals surface area contributed by atoms with Crippen LogP contribution in [0.4, 0.5) is 0 Å². The van der Waals surface area contributed by atoms with Gasteiger partial charge in [0.25, 0.3) is 0 Å². The molecule has 1 heterocycles. The van der Waals surface area contributed by atoms with Crippen LogP contribution in [0.1, 0.15) is 31.9 Å². The molecule has 3 N–H and O–H groups in total. The van der Waals surface area contributed by atoms with Crippen LogP contribution >= 0.6 is 0 Å². The third kappa shape index (κ3) is 4.73. The zero-order valence-electron chi connectivity index (χ0n) is 12.7. The highest BCUT2D eigenvalue weighted by Crippen LogP contribution is 2.39. The molecule has 1 aromatic heterocycles. The number of aliphatic hydroxyl groups excluding tert-OH is 1. The van der Waals surface area contributed by atoms with Crippen LogP contribution < -0.4 is 10.6 Å². The number of aliphatic hydroxyl groups is 1. The molecule has 1 aliphatic rings. The molecule has 1 atom stereocenters. The lowest BCUT2D eigenvalue weighted by Gasteiger charge is -2.28. The summed E-state index contributed by atoms with van der Waals surface area (Å²) in [6, 6.07) is 3.48. The molecule has 22 heavy (non-hydrogen) atoms. The first-order valence-electron chi connectivity index (χ1n) is 7.45. The highest BCUT2D eigenvalue weighted by Gasteiger charge is 2.41. The van der Waals surface area contributed by atoms with Crippen molar-refractivity contribution < 1.29 is 19.1 Å². The summed E-state index contributed by atoms with van der Waals surface area (Å²) in [4.78, 5) is 23.4. The van der Waals surface area contributed by atoms with Crippen LogP contribution in [0.5, 0.6) is 0 Å². The maximum Gasteiger partial charge on any atom is 0.244 e. The topological polar surface area (TPSA) is 91.6 Å². The van der Waals surface area contributed by atoms with E-state index in [-0.39, 0.29) is 31.4 Å². The van der Waals surface area contributed by atoms with Crippen LogP contribution in [0.15, 0.2) is 28.9 Å². The van der Waals surface area contributed by atoms with E-state index >= 15 is 0 Å². The van der Waals surface area contributed by atoms with Gasteiger partial charge < -0.3 is 20.2 Å². The van der Waals surface area contributed by atoms with Gasteiger partial charge in [0, 0.05) is 19.0 Å². The third-order valence-corrected chi connectivity index (χ3v) is 3.83. The van der Waals surface area contributed by atoms with E-state index in [9.17, 15) is 14.7 Å². The van der Waals surface area contributed by atoms with Crippen molar-refractivity contribution in [3.63, 3.8) is 0 Å². The fraction of sp³-hybridized carbons (Fsp3) is 0.500. The second kappa shape index (κ2) is 7.26. The Balaban J connectivity index is 1.67. The van der Waals surface area contributed by atoms with Crippen molar-refractivity contribution in [2.45, 2.75) is 31.7 Å². The fourth-order valence-corrected chi connectivity index (χ4v) is 2.27. The first kappa shape index (κ1) is 16.3. The van der Waals surface area contributed by atoms with Crippen LogP contribution in [0.2, 0.25) is 0 Å². The van der Waals surface area contributed by atoms with Crippen LogP contribution in [-0.4, -0.2) is 35.6 Å². The minimum atomic E-state index is -0.541. The Morgan fingerprint density at radius 3 is 2.86 bits per heavy atom. The quantitative estimate of drug-likeness (QED) is 0.627. The summed E-state index contributed by atoms with van der Waals surface area (Å²) >= 11 is 0. The smallest absolute Gasteiger partial charge is 0.244 e. The molecule has 2 amide bonds. The predicted molar refractivity (Wildman–Crippen MR) is 81.7 cm³/mol. The summed E-state index contributed by atoms with van der Waals surface area (Å²) in [5.41, 5.74) is -0.541. The summed E-state index contributed by atoms with van der Waals surface area (Å²) in [6.07, 6.45) is 6.70. The average Bonchev–Trinajstić information content (AvgIpc) is 3.23. The lowest BCUT2D eigenvalue weighted by atomic mass is 9.97. The van der Waals surface area contributed by atoms with Gasteiger partial charge in [-0.25, -0.2) is 0 Å². The first-order valence-corrected chi connectivity index (χ1v) is 7.45. The predicted octanol–water partition coefficient (Wildman–Crippen LogP) is 1.08. The SMILES string of the molecule is CC(CO)(NC(=O)CCNC(=O)/C=C/c1ccco1)C1CC1. The monoisotopic (exact) mass is 306 g/mol. The van der Waals surface area contributed by atoms with E-state index in [1.807, 2.05) is 6.92 Å². The van der Waals surface area contributed by atoms with Gasteiger partial charge in [-0.3, -0.25) is 9.59 Å². The normalized spacial score (nSPS) is 17.2. The molecule has 0 aliphatic heterocycles. The Labute approximate surface area is 129 Å². The van der Waals surface area contributed by atoms with E-state index in [1.54, 1.807) is 18.2 Å². The molecule has 1 fully saturated rings. The molecule has 0 aromatic carbocycles. The fourth-order valence-electron chi connectivity index (χ4n) is 2.27. The van der Waals surface area contributed by atoms with Crippen LogP contribution in [0.3, 0.4) is 0 Å². The molecule has 1 aliphatic carbocycles. The van der Waals surface area contributed by atoms with Crippen molar-refractivity contribution in [2.24, 2.45) is 5.92 Å². The maximum absolute atomic E-state index is 11.9. The second-order valence-corrected chi connectivity index (χ2v) is 5.79. The highest BCUT2D eigenvalue weighted by atomic mass is 16.3. The molecule has 0 spiro atoms. The van der Waals surface area contributed by atoms with Gasteiger partial charge in [-0.05, 0) is 43.9 Å². The average molecular weight is 306 g/mol. The molecule has 1 saturated carbocycles. The number of hydrogen-bond acceptors (Lipinski definition) is 4. The van der Waals surface area contributed by atoms with Gasteiger partial charge in [0.2, 0.25) is 11.8 Å². The van der Waals surface area contributed by atoms with Crippen molar-refractivity contribution in [1.29, 1.82) is 0 Å². The minimum absolute atomic E-state index is 0.0678. The van der Waals surface area contributed by atoms with Gasteiger partial charge in [0.15, 0.2) is 0 Å². The number of furan rings is 1. The summed E-state index contributed by atoms with van der Waals surface area (Å²) in [7, 11) is 0. The van der Waals surface area contributed by atoms with Crippen molar-refractivity contribution >= 4 is 17.9 Å². The Morgan fingerprint density at radius 1 is 1.50 bits per heavy atom. The van der Waals surface area contributed by atoms with E-state index in [0.29, 0.717) is 11.7 Å². The summed E-state index contributed by atoms with van der Waals surface area (Å²) < 4.78 is 5.07. The van der Waals surface area contributed by atoms with Crippen molar-refractivity contribution in [3.05, 3.63) is 30.2 Å². The number of carbonyl (C=O) groups excluding carboxylic acids is 2. The lowest BCUT2D eigenvalue weighted by Crippen LogP contribution is -2.51. The number of amides is 2. The van der Waals surface area contributed by atoms with Gasteiger partial charge in [-0.15, -0.1) is 0 Å². The molecule has 1 unspecified atom stereocenters. The zero-order valence-corrected chi connectivity index (χ0v) is 12.7. The van der Waals surface area contributed by atoms with Crippen LogP contribution in [-0.2, 0) is 9.59 Å². The zero-order chi connectivity index (χ0) is 16.0. The highest BCUT2D eigenvalue weighted by molar-refractivity contribution is 5.91. The minimum Gasteiger partial charge on any atom is -0.465 e. The largest absolute Gasteiger partial charge is 0.465 e. The van der Waals surface area contributed by atoms with Gasteiger partial charge in [-0.1, -0.05) is 0 Å². The van der Waals surface area contributed by atoms with E-state index in [1.165, 1.54) is 12.3 Å². The molecule has 6 nitrogen and oxygen atoms in total. The lowest BCUT2D eigenvalue weighted by molar-refractivity contribution is -0.123. The number of carbonyl (C=O) groups is 2. The third-order valence-electron chi connectivity index (χ3n) is 3.83. The molecular weight excluding hydrogens is 284 g/mol. The number of hydrogen-bond donors (Lipinski definition) is 3. The van der Waals surface area contributed by atoms with Crippen molar-refractivity contribution in [1.82, 2.24) is 10.6 Å². The molecule has 0 saturated heterocycles. The van der Waals surface area contributed by atoms with E-state index in [0.717, 1.165) is 12.8 Å². The number of rotatable bonds is 8. The van der Waals surface area contributed by atoms with E-state index in [4.69, 9.17) is 4.42 Å². The van der Waals surface area contributed by atoms with Gasteiger partial charge in [0.1, 0.15) is 5.76 Å². The Morgan fingerprint density at radius 2 is 2.27 bits per heavy atom. The summed E-state index contributed by atoms with van der Waals surface area (Å²) in [5, 5.41) is 14.9. The van der Waals surface area contributed by atoms with Gasteiger partial charge in [0.05, 0.1) is 18.4 Å². The standard InChI is InChI=1S/C16H22N2O4/c1-16(11-19,12-4-5-12)18-15(21)8-9-17-14(20)7-6-13-3-2-10-22-13/h2-3,6-7,10,12,19H,4-5,8-9,11H2,1H3,(H,17,20)(H,18,21)/b7-6+. The van der Waals surface area contributed by atoms with Crippen molar-refractivity contribution in [2.75, 3.05) is 13.2 Å². The van der Waals surface area contributed by atoms with Crippen molar-refractivity contribution in [3.8, 4) is 0 Å². The first-order chi connectivity index (χ1) is 10.5. The molecule has 2 rings (SSSR count). The maximum atomic E-state index is 11.9. The molecule has 120 valence electrons. The second-order valence-electron chi connectivity index (χ2n) is 5.79. The van der Waals surface area contributed by atoms with Gasteiger partial charge >= 0.3 is 0 Å². The van der Waals surface area contributed by atoms with Crippen LogP contribution in [0.25, 0.3) is 6.08 Å². The summed E-state index contributed by atoms with van der Waals surface area (Å²) in [6.45, 7) is 2.04. The Hall–Kier alpha value is -2.08. The Bertz CT molecular complexity index is 534. The Kier molecular flexibility index (Phi) is 5.38. The summed E-state index contributed by atoms with van der Waals surface area (Å²) in [5.74, 6) is 0.499. The molecular formula is C16H22N2O4. The molecule has 0 radical (unpaired) electrons. The van der Waals surface area contributed by atoms with Gasteiger partial charge in [-0.2, -0.15) is 0 Å². The molecule has 0 bridgehead atoms. The van der Waals surface area contributed by atoms with E-state index < -0.39 is 5.54 Å². The number of nitrogens with one attached hydrogen (secondary N) is 2. The molecule has 6 heteroatoms. The van der Waals surface area contributed by atoms with Crippen LogP contribution in [0, 0.1) is 5.92 Å². The molecule has 1 aromatic rings.